The first-order chi connectivity index (χ1) is 9.54. The van der Waals surface area contributed by atoms with E-state index in [1.54, 1.807) is 0 Å². The molecule has 0 radical (unpaired) electrons. The number of carbonyl (C=O) groups excluding carboxylic acids is 1. The molecule has 0 aliphatic carbocycles. The Morgan fingerprint density at radius 1 is 1.20 bits per heavy atom. The smallest absolute Gasteiger partial charge is 0.332 e. The van der Waals surface area contributed by atoms with E-state index in [-0.39, 0.29) is 19.0 Å². The third-order valence-electron chi connectivity index (χ3n) is 2.93. The quantitative estimate of drug-likeness (QED) is 0.596. The van der Waals surface area contributed by atoms with Crippen molar-refractivity contribution in [3.05, 3.63) is 35.4 Å². The highest BCUT2D eigenvalue weighted by Gasteiger charge is 2.12. The van der Waals surface area contributed by atoms with Gasteiger partial charge in [-0.2, -0.15) is 0 Å². The lowest BCUT2D eigenvalue weighted by molar-refractivity contribution is -0.146. The average Bonchev–Trinajstić information content (AvgIpc) is 2.45. The third kappa shape index (κ3) is 5.27. The Bertz CT molecular complexity index is 462. The Morgan fingerprint density at radius 3 is 2.45 bits per heavy atom. The summed E-state index contributed by atoms with van der Waals surface area (Å²) in [5, 5.41) is 22.7. The molecule has 6 nitrogen and oxygen atoms in total. The molecule has 0 saturated carbocycles. The molecule has 0 aromatic heterocycles. The summed E-state index contributed by atoms with van der Waals surface area (Å²) in [4.78, 5) is 21.9. The summed E-state index contributed by atoms with van der Waals surface area (Å²) >= 11 is 0. The van der Waals surface area contributed by atoms with Gasteiger partial charge in [0.05, 0.1) is 0 Å². The van der Waals surface area contributed by atoms with Gasteiger partial charge in [-0.1, -0.05) is 31.2 Å². The third-order valence-corrected chi connectivity index (χ3v) is 2.93. The van der Waals surface area contributed by atoms with E-state index in [0.717, 1.165) is 12.0 Å². The van der Waals surface area contributed by atoms with Crippen molar-refractivity contribution in [3.8, 4) is 0 Å². The van der Waals surface area contributed by atoms with Gasteiger partial charge in [-0.05, 0) is 17.5 Å². The van der Waals surface area contributed by atoms with Crippen molar-refractivity contribution >= 4 is 12.0 Å². The van der Waals surface area contributed by atoms with E-state index in [2.05, 4.69) is 10.6 Å². The number of carbonyl (C=O) groups is 2. The number of urea groups is 1. The van der Waals surface area contributed by atoms with Crippen LogP contribution >= 0.6 is 0 Å². The molecule has 110 valence electrons. The number of aliphatic hydroxyl groups excluding tert-OH is 1. The molecule has 20 heavy (non-hydrogen) atoms. The number of rotatable bonds is 7. The molecule has 2 amide bonds. The normalized spacial score (nSPS) is 11.7. The van der Waals surface area contributed by atoms with Gasteiger partial charge in [0, 0.05) is 19.5 Å². The monoisotopic (exact) mass is 280 g/mol. The number of nitrogens with one attached hydrogen (secondary N) is 2. The SMILES string of the molecule is CCc1ccccc1CNC(=O)NCCC(O)C(=O)O. The number of aliphatic hydroxyl groups is 1. The van der Waals surface area contributed by atoms with E-state index in [9.17, 15) is 9.59 Å². The van der Waals surface area contributed by atoms with Crippen LogP contribution in [-0.2, 0) is 17.8 Å². The lowest BCUT2D eigenvalue weighted by atomic mass is 10.1. The zero-order chi connectivity index (χ0) is 15.0. The van der Waals surface area contributed by atoms with Crippen LogP contribution in [0.15, 0.2) is 24.3 Å². The number of carboxylic acids is 1. The Morgan fingerprint density at radius 2 is 1.85 bits per heavy atom. The Labute approximate surface area is 117 Å². The van der Waals surface area contributed by atoms with Gasteiger partial charge in [-0.3, -0.25) is 0 Å². The van der Waals surface area contributed by atoms with Crippen LogP contribution in [0, 0.1) is 0 Å². The van der Waals surface area contributed by atoms with Crippen molar-refractivity contribution in [1.29, 1.82) is 0 Å². The van der Waals surface area contributed by atoms with E-state index in [0.29, 0.717) is 6.54 Å². The first-order valence-electron chi connectivity index (χ1n) is 6.54. The first kappa shape index (κ1) is 16.0. The minimum absolute atomic E-state index is 0.0195. The second-order valence-corrected chi connectivity index (χ2v) is 4.37. The van der Waals surface area contributed by atoms with Crippen LogP contribution < -0.4 is 10.6 Å². The molecule has 0 bridgehead atoms. The highest BCUT2D eigenvalue weighted by atomic mass is 16.4. The molecule has 0 fully saturated rings. The van der Waals surface area contributed by atoms with E-state index in [1.807, 2.05) is 31.2 Å². The molecule has 0 aliphatic heterocycles. The Hall–Kier alpha value is -2.08. The van der Waals surface area contributed by atoms with Crippen LogP contribution in [0.4, 0.5) is 4.79 Å². The number of hydrogen-bond acceptors (Lipinski definition) is 3. The molecule has 6 heteroatoms. The lowest BCUT2D eigenvalue weighted by Gasteiger charge is -2.11. The summed E-state index contributed by atoms with van der Waals surface area (Å²) < 4.78 is 0. The first-order valence-corrected chi connectivity index (χ1v) is 6.54. The summed E-state index contributed by atoms with van der Waals surface area (Å²) in [6.45, 7) is 2.57. The van der Waals surface area contributed by atoms with E-state index >= 15 is 0 Å². The van der Waals surface area contributed by atoms with Gasteiger partial charge in [-0.15, -0.1) is 0 Å². The van der Waals surface area contributed by atoms with Gasteiger partial charge in [0.1, 0.15) is 0 Å². The highest BCUT2D eigenvalue weighted by molar-refractivity contribution is 5.74. The number of amides is 2. The molecular formula is C14H20N2O4. The fraction of sp³-hybridized carbons (Fsp3) is 0.429. The number of benzene rings is 1. The van der Waals surface area contributed by atoms with Crippen molar-refractivity contribution < 1.29 is 19.8 Å². The summed E-state index contributed by atoms with van der Waals surface area (Å²) in [5.41, 5.74) is 2.23. The summed E-state index contributed by atoms with van der Waals surface area (Å²) in [7, 11) is 0. The summed E-state index contributed by atoms with van der Waals surface area (Å²) in [5.74, 6) is -1.29. The number of aryl methyl sites for hydroxylation is 1. The van der Waals surface area contributed by atoms with Gasteiger partial charge in [0.15, 0.2) is 6.10 Å². The maximum atomic E-state index is 11.5. The van der Waals surface area contributed by atoms with Crippen molar-refractivity contribution in [3.63, 3.8) is 0 Å². The van der Waals surface area contributed by atoms with Gasteiger partial charge in [0.25, 0.3) is 0 Å². The summed E-state index contributed by atoms with van der Waals surface area (Å²) in [6, 6.07) is 7.45. The maximum Gasteiger partial charge on any atom is 0.332 e. The molecule has 1 unspecified atom stereocenters. The molecule has 1 aromatic rings. The molecule has 0 saturated heterocycles. The number of hydrogen-bond donors (Lipinski definition) is 4. The number of aliphatic carboxylic acids is 1. The minimum atomic E-state index is -1.45. The minimum Gasteiger partial charge on any atom is -0.479 e. The second-order valence-electron chi connectivity index (χ2n) is 4.37. The van der Waals surface area contributed by atoms with Crippen LogP contribution in [0.25, 0.3) is 0 Å². The van der Waals surface area contributed by atoms with Crippen LogP contribution in [0.3, 0.4) is 0 Å². The highest BCUT2D eigenvalue weighted by Crippen LogP contribution is 2.08. The van der Waals surface area contributed by atoms with E-state index in [4.69, 9.17) is 10.2 Å². The zero-order valence-electron chi connectivity index (χ0n) is 11.4. The maximum absolute atomic E-state index is 11.5. The van der Waals surface area contributed by atoms with E-state index < -0.39 is 12.1 Å². The fourth-order valence-corrected chi connectivity index (χ4v) is 1.76. The Kier molecular flexibility index (Phi) is 6.52. The second kappa shape index (κ2) is 8.16. The van der Waals surface area contributed by atoms with E-state index in [1.165, 1.54) is 5.56 Å². The molecule has 0 aliphatic rings. The Balaban J connectivity index is 2.31. The lowest BCUT2D eigenvalue weighted by Crippen LogP contribution is -2.37. The average molecular weight is 280 g/mol. The molecule has 0 heterocycles. The molecule has 1 aromatic carbocycles. The van der Waals surface area contributed by atoms with Crippen LogP contribution in [0.2, 0.25) is 0 Å². The van der Waals surface area contributed by atoms with Crippen molar-refractivity contribution in [2.24, 2.45) is 0 Å². The van der Waals surface area contributed by atoms with Crippen LogP contribution in [0.5, 0.6) is 0 Å². The van der Waals surface area contributed by atoms with Crippen molar-refractivity contribution in [2.45, 2.75) is 32.4 Å². The van der Waals surface area contributed by atoms with Crippen molar-refractivity contribution in [2.75, 3.05) is 6.54 Å². The standard InChI is InChI=1S/C14H20N2O4/c1-2-10-5-3-4-6-11(10)9-16-14(20)15-8-7-12(17)13(18)19/h3-6,12,17H,2,7-9H2,1H3,(H,18,19)(H2,15,16,20). The molecule has 1 rings (SSSR count). The van der Waals surface area contributed by atoms with Gasteiger partial charge >= 0.3 is 12.0 Å². The predicted octanol–water partition coefficient (Wildman–Crippen LogP) is 0.884. The van der Waals surface area contributed by atoms with Crippen LogP contribution in [-0.4, -0.2) is 34.9 Å². The molecule has 0 spiro atoms. The van der Waals surface area contributed by atoms with Gasteiger partial charge in [-0.25, -0.2) is 9.59 Å². The largest absolute Gasteiger partial charge is 0.479 e. The van der Waals surface area contributed by atoms with Gasteiger partial charge in [0.2, 0.25) is 0 Å². The van der Waals surface area contributed by atoms with Gasteiger partial charge < -0.3 is 20.8 Å². The molecule has 1 atom stereocenters. The van der Waals surface area contributed by atoms with Crippen LogP contribution in [0.1, 0.15) is 24.5 Å². The zero-order valence-corrected chi connectivity index (χ0v) is 11.4. The molecule has 4 N–H and O–H groups in total. The number of carboxylic acid groups (broad SMARTS) is 1. The summed E-state index contributed by atoms with van der Waals surface area (Å²) in [6.07, 6.45) is -0.574. The topological polar surface area (TPSA) is 98.7 Å². The van der Waals surface area contributed by atoms with Crippen molar-refractivity contribution in [1.82, 2.24) is 10.6 Å². The predicted molar refractivity (Wildman–Crippen MR) is 74.3 cm³/mol. The molecular weight excluding hydrogens is 260 g/mol. The fourth-order valence-electron chi connectivity index (χ4n) is 1.76.